The molecule has 10 nitrogen and oxygen atoms in total. The van der Waals surface area contributed by atoms with E-state index in [-0.39, 0.29) is 0 Å². The topological polar surface area (TPSA) is 137 Å². The molecule has 10 heteroatoms. The number of carbonyl (C=O) groups excluding carboxylic acids is 4. The molecule has 1 fully saturated rings. The monoisotopic (exact) mass is 350 g/mol. The Balaban J connectivity index is 3.15. The van der Waals surface area contributed by atoms with Crippen molar-refractivity contribution in [3.05, 3.63) is 0 Å². The van der Waals surface area contributed by atoms with Gasteiger partial charge in [-0.2, -0.15) is 0 Å². The van der Waals surface area contributed by atoms with E-state index < -0.39 is 81.8 Å². The summed E-state index contributed by atoms with van der Waals surface area (Å²) in [6.45, 7) is -1.66. The summed E-state index contributed by atoms with van der Waals surface area (Å²) in [5.74, 6) is -3.58. The number of ether oxygens (including phenoxy) is 4. The highest BCUT2D eigenvalue weighted by Gasteiger charge is 2.50. The van der Waals surface area contributed by atoms with E-state index in [9.17, 15) is 24.3 Å². The van der Waals surface area contributed by atoms with Crippen LogP contribution in [0, 0.1) is 0 Å². The van der Waals surface area contributed by atoms with Crippen LogP contribution in [0.3, 0.4) is 0 Å². The first-order valence-corrected chi connectivity index (χ1v) is 6.76. The molecule has 0 bridgehead atoms. The van der Waals surface area contributed by atoms with Gasteiger partial charge in [-0.05, 0) is 0 Å². The van der Waals surface area contributed by atoms with Crippen LogP contribution < -0.4 is 5.32 Å². The van der Waals surface area contributed by atoms with Gasteiger partial charge in [0.15, 0.2) is 18.5 Å². The molecule has 24 heavy (non-hydrogen) atoms. The predicted octanol–water partition coefficient (Wildman–Crippen LogP) is -1.37. The molecule has 1 amide bonds. The fraction of sp³-hybridized carbons (Fsp3) is 0.714. The first kappa shape index (κ1) is 15.3. The number of aliphatic hydroxyl groups excluding tert-OH is 1. The highest BCUT2D eigenvalue weighted by atomic mass is 16.7. The molecule has 1 heterocycles. The molecule has 0 aromatic rings. The molecule has 1 unspecified atom stereocenters. The van der Waals surface area contributed by atoms with Crippen LogP contribution >= 0.6 is 0 Å². The van der Waals surface area contributed by atoms with Crippen LogP contribution in [0.15, 0.2) is 0 Å². The van der Waals surface area contributed by atoms with Crippen LogP contribution in [0.1, 0.15) is 31.7 Å². The minimum absolute atomic E-state index is 0.549. The van der Waals surface area contributed by atoms with Crippen molar-refractivity contribution >= 4 is 23.8 Å². The quantitative estimate of drug-likeness (QED) is 0.454. The third-order valence-corrected chi connectivity index (χ3v) is 2.98. The number of carbonyl (C=O) groups is 4. The maximum Gasteiger partial charge on any atom is 0.303 e. The number of esters is 3. The second kappa shape index (κ2) is 8.60. The number of hydrogen-bond acceptors (Lipinski definition) is 9. The zero-order chi connectivity index (χ0) is 20.6. The van der Waals surface area contributed by atoms with Gasteiger partial charge in [0.05, 0.1) is 0 Å². The van der Waals surface area contributed by atoms with Crippen LogP contribution in [0.25, 0.3) is 0 Å². The van der Waals surface area contributed by atoms with Crippen LogP contribution in [-0.4, -0.2) is 66.2 Å². The van der Waals surface area contributed by atoms with E-state index in [1.54, 1.807) is 0 Å². The van der Waals surface area contributed by atoms with E-state index in [1.807, 2.05) is 0 Å². The summed E-state index contributed by atoms with van der Waals surface area (Å²) >= 11 is 0. The van der Waals surface area contributed by atoms with Gasteiger partial charge in [-0.1, -0.05) is 0 Å². The summed E-state index contributed by atoms with van der Waals surface area (Å²) in [6.07, 6.45) is -5.94. The maximum absolute atomic E-state index is 11.6. The maximum atomic E-state index is 11.6. The van der Waals surface area contributed by atoms with Crippen molar-refractivity contribution in [2.45, 2.75) is 58.3 Å². The first-order valence-electron chi connectivity index (χ1n) is 8.88. The lowest BCUT2D eigenvalue weighted by Crippen LogP contribution is -2.66. The normalized spacial score (nSPS) is 30.9. The molecular weight excluding hydrogens is 326 g/mol. The van der Waals surface area contributed by atoms with E-state index in [4.69, 9.17) is 23.1 Å². The summed E-state index contributed by atoms with van der Waals surface area (Å²) in [7, 11) is 0. The van der Waals surface area contributed by atoms with Crippen molar-refractivity contribution < 1.29 is 47.3 Å². The second-order valence-corrected chi connectivity index (χ2v) is 4.88. The summed E-state index contributed by atoms with van der Waals surface area (Å²) < 4.78 is 41.1. The Morgan fingerprint density at radius 3 is 2.21 bits per heavy atom. The zero-order valence-corrected chi connectivity index (χ0v) is 12.9. The predicted molar refractivity (Wildman–Crippen MR) is 76.2 cm³/mol. The Kier molecular flexibility index (Phi) is 5.49. The minimum Gasteiger partial charge on any atom is -0.463 e. The van der Waals surface area contributed by atoms with E-state index in [2.05, 4.69) is 5.32 Å². The summed E-state index contributed by atoms with van der Waals surface area (Å²) in [4.78, 5) is 45.8. The molecule has 2 N–H and O–H groups in total. The molecule has 0 saturated carbocycles. The third-order valence-electron chi connectivity index (χ3n) is 2.98. The van der Waals surface area contributed by atoms with Gasteiger partial charge in [-0.25, -0.2) is 0 Å². The molecule has 0 radical (unpaired) electrons. The van der Waals surface area contributed by atoms with Crippen LogP contribution in [0.4, 0.5) is 0 Å². The number of rotatable bonds is 5. The molecule has 1 aliphatic heterocycles. The van der Waals surface area contributed by atoms with E-state index in [0.717, 1.165) is 6.92 Å². The van der Waals surface area contributed by atoms with Gasteiger partial charge < -0.3 is 29.4 Å². The average molecular weight is 350 g/mol. The number of hydrogen-bond donors (Lipinski definition) is 2. The van der Waals surface area contributed by atoms with Crippen molar-refractivity contribution in [3.8, 4) is 0 Å². The van der Waals surface area contributed by atoms with Crippen molar-refractivity contribution in [1.82, 2.24) is 5.32 Å². The van der Waals surface area contributed by atoms with Gasteiger partial charge in [0.1, 0.15) is 18.8 Å². The molecule has 0 aromatic carbocycles. The van der Waals surface area contributed by atoms with Gasteiger partial charge in [-0.15, -0.1) is 0 Å². The van der Waals surface area contributed by atoms with Crippen molar-refractivity contribution in [2.24, 2.45) is 0 Å². The van der Waals surface area contributed by atoms with Gasteiger partial charge >= 0.3 is 17.9 Å². The standard InChI is InChI=1S/C14H21NO9/c1-6(16)15-11-13(23-9(4)19)12(22-8(3)18)10(24-14(11)20)5-21-7(2)17/h10-14,20H,5H2,1-4H3,(H,15,16)/t10-,11-,12-,13-,14?/m1/s1/i2D,3D,4D. The fourth-order valence-corrected chi connectivity index (χ4v) is 2.20. The van der Waals surface area contributed by atoms with Crippen LogP contribution in [-0.2, 0) is 38.1 Å². The smallest absolute Gasteiger partial charge is 0.303 e. The highest BCUT2D eigenvalue weighted by Crippen LogP contribution is 2.26. The molecule has 136 valence electrons. The molecule has 1 saturated heterocycles. The summed E-state index contributed by atoms with van der Waals surface area (Å²) in [5, 5.41) is 12.4. The Hall–Kier alpha value is -2.20. The Labute approximate surface area is 142 Å². The Morgan fingerprint density at radius 1 is 1.08 bits per heavy atom. The number of amides is 1. The van der Waals surface area contributed by atoms with Gasteiger partial charge in [0.25, 0.3) is 0 Å². The third kappa shape index (κ3) is 5.78. The van der Waals surface area contributed by atoms with Crippen molar-refractivity contribution in [1.29, 1.82) is 0 Å². The first-order chi connectivity index (χ1) is 12.7. The molecule has 1 rings (SSSR count). The fourth-order valence-electron chi connectivity index (χ4n) is 2.20. The largest absolute Gasteiger partial charge is 0.463 e. The second-order valence-electron chi connectivity index (χ2n) is 4.88. The van der Waals surface area contributed by atoms with Gasteiger partial charge in [0.2, 0.25) is 5.91 Å². The molecule has 0 aromatic heterocycles. The lowest BCUT2D eigenvalue weighted by molar-refractivity contribution is -0.264. The zero-order valence-electron chi connectivity index (χ0n) is 15.9. The molecule has 0 spiro atoms. The van der Waals surface area contributed by atoms with Crippen molar-refractivity contribution in [2.75, 3.05) is 6.61 Å². The van der Waals surface area contributed by atoms with Crippen molar-refractivity contribution in [3.63, 3.8) is 0 Å². The summed E-state index contributed by atoms with van der Waals surface area (Å²) in [6, 6.07) is -1.34. The lowest BCUT2D eigenvalue weighted by Gasteiger charge is -2.43. The van der Waals surface area contributed by atoms with E-state index >= 15 is 0 Å². The highest BCUT2D eigenvalue weighted by molar-refractivity contribution is 5.73. The average Bonchev–Trinajstić information content (AvgIpc) is 2.64. The Morgan fingerprint density at radius 2 is 1.67 bits per heavy atom. The lowest BCUT2D eigenvalue weighted by atomic mass is 9.96. The Bertz CT molecular complexity index is 562. The van der Waals surface area contributed by atoms with Crippen LogP contribution in [0.5, 0.6) is 0 Å². The molecule has 0 aliphatic carbocycles. The summed E-state index contributed by atoms with van der Waals surface area (Å²) in [5.41, 5.74) is 0. The molecule has 1 aliphatic rings. The van der Waals surface area contributed by atoms with Gasteiger partial charge in [-0.3, -0.25) is 19.2 Å². The van der Waals surface area contributed by atoms with E-state index in [0.29, 0.717) is 0 Å². The van der Waals surface area contributed by atoms with E-state index in [1.165, 1.54) is 0 Å². The number of nitrogens with one attached hydrogen (secondary N) is 1. The van der Waals surface area contributed by atoms with Crippen LogP contribution in [0.2, 0.25) is 0 Å². The molecular formula is C14H21NO9. The van der Waals surface area contributed by atoms with Gasteiger partial charge in [0, 0.05) is 31.7 Å². The minimum atomic E-state index is -1.72. The SMILES string of the molecule is [2H]CC(=O)OC[C@H]1OC(O)[C@H](NC(C)=O)[C@@H](OC(=O)C[2H])[C@@H]1OC(=O)C[2H]. The molecule has 5 atom stereocenters. The number of aliphatic hydroxyl groups is 1.